The van der Waals surface area contributed by atoms with E-state index in [1.807, 2.05) is 25.7 Å². The Kier molecular flexibility index (Phi) is 5.71. The van der Waals surface area contributed by atoms with Crippen LogP contribution in [0.2, 0.25) is 0 Å². The van der Waals surface area contributed by atoms with Crippen molar-refractivity contribution in [3.05, 3.63) is 41.5 Å². The zero-order valence-corrected chi connectivity index (χ0v) is 16.5. The number of rotatable bonds is 2. The van der Waals surface area contributed by atoms with Gasteiger partial charge in [-0.2, -0.15) is 0 Å². The molecule has 1 N–H and O–H groups in total. The normalized spacial score (nSPS) is 24.2. The maximum Gasteiger partial charge on any atom is 0.410 e. The number of nitrogens with one attached hydrogen (secondary N) is 1. The molecule has 3 rings (SSSR count). The third-order valence-electron chi connectivity index (χ3n) is 5.12. The van der Waals surface area contributed by atoms with Gasteiger partial charge in [-0.1, -0.05) is 31.2 Å². The van der Waals surface area contributed by atoms with Crippen LogP contribution in [0.4, 0.5) is 4.79 Å². The number of ether oxygens (including phenoxy) is 1. The van der Waals surface area contributed by atoms with E-state index in [9.17, 15) is 4.79 Å². The van der Waals surface area contributed by atoms with E-state index in [4.69, 9.17) is 4.74 Å². The van der Waals surface area contributed by atoms with E-state index >= 15 is 0 Å². The van der Waals surface area contributed by atoms with Crippen molar-refractivity contribution in [1.82, 2.24) is 10.2 Å². The molecular weight excluding hydrogens is 324 g/mol. The molecule has 26 heavy (non-hydrogen) atoms. The van der Waals surface area contributed by atoms with Crippen LogP contribution in [-0.2, 0) is 4.74 Å². The monoisotopic (exact) mass is 356 g/mol. The Labute approximate surface area is 157 Å². The SMILES string of the molecule is C[C@H]1CC[C@H](c2cccc(C3=CCCN(C(=O)OC(C)(C)C)C3)c2)NC1. The van der Waals surface area contributed by atoms with Crippen LogP contribution >= 0.6 is 0 Å². The van der Waals surface area contributed by atoms with Gasteiger partial charge in [-0.15, -0.1) is 0 Å². The Morgan fingerprint density at radius 1 is 1.27 bits per heavy atom. The Morgan fingerprint density at radius 3 is 2.77 bits per heavy atom. The van der Waals surface area contributed by atoms with Crippen molar-refractivity contribution in [3.8, 4) is 0 Å². The highest BCUT2D eigenvalue weighted by Crippen LogP contribution is 2.29. The molecule has 0 unspecified atom stereocenters. The second-order valence-corrected chi connectivity index (χ2v) is 8.69. The van der Waals surface area contributed by atoms with Crippen LogP contribution in [0, 0.1) is 5.92 Å². The van der Waals surface area contributed by atoms with Gasteiger partial charge >= 0.3 is 6.09 Å². The number of piperidine rings is 1. The molecule has 0 spiro atoms. The number of amides is 1. The molecule has 0 bridgehead atoms. The summed E-state index contributed by atoms with van der Waals surface area (Å²) in [6, 6.07) is 9.23. The van der Waals surface area contributed by atoms with Crippen molar-refractivity contribution in [1.29, 1.82) is 0 Å². The van der Waals surface area contributed by atoms with Crippen molar-refractivity contribution >= 4 is 11.7 Å². The molecule has 1 amide bonds. The topological polar surface area (TPSA) is 41.6 Å². The van der Waals surface area contributed by atoms with E-state index in [-0.39, 0.29) is 6.09 Å². The van der Waals surface area contributed by atoms with E-state index in [2.05, 4.69) is 42.6 Å². The summed E-state index contributed by atoms with van der Waals surface area (Å²) in [5.74, 6) is 0.762. The zero-order valence-electron chi connectivity index (χ0n) is 16.5. The molecule has 2 atom stereocenters. The summed E-state index contributed by atoms with van der Waals surface area (Å²) in [5.41, 5.74) is 3.33. The third kappa shape index (κ3) is 4.88. The van der Waals surface area contributed by atoms with Gasteiger partial charge in [-0.25, -0.2) is 4.79 Å². The van der Waals surface area contributed by atoms with E-state index in [1.54, 1.807) is 0 Å². The fourth-order valence-electron chi connectivity index (χ4n) is 3.67. The van der Waals surface area contributed by atoms with Crippen molar-refractivity contribution in [2.75, 3.05) is 19.6 Å². The molecule has 1 aromatic carbocycles. The highest BCUT2D eigenvalue weighted by molar-refractivity contribution is 5.75. The lowest BCUT2D eigenvalue weighted by molar-refractivity contribution is 0.0273. The number of nitrogens with zero attached hydrogens (tertiary/aromatic N) is 1. The van der Waals surface area contributed by atoms with Crippen LogP contribution < -0.4 is 5.32 Å². The minimum atomic E-state index is -0.456. The summed E-state index contributed by atoms with van der Waals surface area (Å²) < 4.78 is 5.54. The highest BCUT2D eigenvalue weighted by atomic mass is 16.6. The molecule has 4 heteroatoms. The maximum atomic E-state index is 12.4. The molecule has 142 valence electrons. The van der Waals surface area contributed by atoms with Crippen LogP contribution in [-0.4, -0.2) is 36.2 Å². The predicted octanol–water partition coefficient (Wildman–Crippen LogP) is 4.77. The van der Waals surface area contributed by atoms with Gasteiger partial charge in [0.15, 0.2) is 0 Å². The molecule has 2 heterocycles. The first kappa shape index (κ1) is 19.0. The molecule has 0 aliphatic carbocycles. The molecule has 0 aromatic heterocycles. The number of hydrogen-bond acceptors (Lipinski definition) is 3. The van der Waals surface area contributed by atoms with Crippen LogP contribution in [0.25, 0.3) is 5.57 Å². The zero-order chi connectivity index (χ0) is 18.7. The number of carbonyl (C=O) groups excluding carboxylic acids is 1. The molecule has 1 aromatic rings. The van der Waals surface area contributed by atoms with E-state index < -0.39 is 5.60 Å². The smallest absolute Gasteiger partial charge is 0.410 e. The molecule has 0 radical (unpaired) electrons. The van der Waals surface area contributed by atoms with Crippen LogP contribution in [0.5, 0.6) is 0 Å². The minimum Gasteiger partial charge on any atom is -0.444 e. The van der Waals surface area contributed by atoms with Gasteiger partial charge in [0, 0.05) is 19.1 Å². The Morgan fingerprint density at radius 2 is 2.08 bits per heavy atom. The standard InChI is InChI=1S/C22H32N2O2/c1-16-10-11-20(23-14-16)18-8-5-7-17(13-18)19-9-6-12-24(15-19)21(25)26-22(2,3)4/h5,7-9,13,16,20,23H,6,10-12,14-15H2,1-4H3/t16-,20+/m0/s1. The average molecular weight is 357 g/mol. The van der Waals surface area contributed by atoms with Gasteiger partial charge in [-0.3, -0.25) is 0 Å². The molecule has 1 saturated heterocycles. The summed E-state index contributed by atoms with van der Waals surface area (Å²) >= 11 is 0. The lowest BCUT2D eigenvalue weighted by Gasteiger charge is -2.31. The van der Waals surface area contributed by atoms with Crippen LogP contribution in [0.15, 0.2) is 30.3 Å². The first-order chi connectivity index (χ1) is 12.3. The van der Waals surface area contributed by atoms with E-state index in [0.717, 1.165) is 25.4 Å². The average Bonchev–Trinajstić information content (AvgIpc) is 2.61. The van der Waals surface area contributed by atoms with Gasteiger partial charge < -0.3 is 15.0 Å². The Balaban J connectivity index is 1.70. The largest absolute Gasteiger partial charge is 0.444 e. The van der Waals surface area contributed by atoms with Crippen molar-refractivity contribution < 1.29 is 9.53 Å². The van der Waals surface area contributed by atoms with Crippen LogP contribution in [0.1, 0.15) is 64.1 Å². The fraction of sp³-hybridized carbons (Fsp3) is 0.591. The second kappa shape index (κ2) is 7.83. The number of hydrogen-bond donors (Lipinski definition) is 1. The molecule has 2 aliphatic heterocycles. The second-order valence-electron chi connectivity index (χ2n) is 8.69. The molecule has 1 fully saturated rings. The maximum absolute atomic E-state index is 12.4. The first-order valence-corrected chi connectivity index (χ1v) is 9.82. The summed E-state index contributed by atoms with van der Waals surface area (Å²) in [5, 5.41) is 3.66. The van der Waals surface area contributed by atoms with Crippen molar-refractivity contribution in [2.45, 2.75) is 58.6 Å². The quantitative estimate of drug-likeness (QED) is 0.830. The fourth-order valence-corrected chi connectivity index (χ4v) is 3.67. The summed E-state index contributed by atoms with van der Waals surface area (Å²) in [7, 11) is 0. The summed E-state index contributed by atoms with van der Waals surface area (Å²) in [6.45, 7) is 10.5. The molecular formula is C22H32N2O2. The Bertz CT molecular complexity index is 667. The lowest BCUT2D eigenvalue weighted by atomic mass is 9.90. The minimum absolute atomic E-state index is 0.220. The van der Waals surface area contributed by atoms with Gasteiger partial charge in [0.05, 0.1) is 0 Å². The van der Waals surface area contributed by atoms with Crippen LogP contribution in [0.3, 0.4) is 0 Å². The van der Waals surface area contributed by atoms with Crippen molar-refractivity contribution in [2.24, 2.45) is 5.92 Å². The van der Waals surface area contributed by atoms with Gasteiger partial charge in [-0.05, 0) is 75.3 Å². The molecule has 0 saturated carbocycles. The predicted molar refractivity (Wildman–Crippen MR) is 106 cm³/mol. The van der Waals surface area contributed by atoms with Gasteiger partial charge in [0.1, 0.15) is 5.60 Å². The molecule has 4 nitrogen and oxygen atoms in total. The third-order valence-corrected chi connectivity index (χ3v) is 5.12. The lowest BCUT2D eigenvalue weighted by Crippen LogP contribution is -2.39. The van der Waals surface area contributed by atoms with E-state index in [1.165, 1.54) is 29.5 Å². The molecule has 2 aliphatic rings. The summed E-state index contributed by atoms with van der Waals surface area (Å²) in [6.07, 6.45) is 5.38. The number of benzene rings is 1. The number of carbonyl (C=O) groups is 1. The van der Waals surface area contributed by atoms with Gasteiger partial charge in [0.25, 0.3) is 0 Å². The van der Waals surface area contributed by atoms with Gasteiger partial charge in [0.2, 0.25) is 0 Å². The first-order valence-electron chi connectivity index (χ1n) is 9.82. The summed E-state index contributed by atoms with van der Waals surface area (Å²) in [4.78, 5) is 14.2. The van der Waals surface area contributed by atoms with E-state index in [0.29, 0.717) is 12.6 Å². The highest BCUT2D eigenvalue weighted by Gasteiger charge is 2.25. The van der Waals surface area contributed by atoms with Crippen molar-refractivity contribution in [3.63, 3.8) is 0 Å². The Hall–Kier alpha value is -1.81.